The number of hydrogen-bond acceptors (Lipinski definition) is 4. The van der Waals surface area contributed by atoms with E-state index in [1.807, 2.05) is 30.0 Å². The molecule has 2 heterocycles. The van der Waals surface area contributed by atoms with Gasteiger partial charge in [-0.25, -0.2) is 4.79 Å². The van der Waals surface area contributed by atoms with Crippen LogP contribution in [0.25, 0.3) is 0 Å². The van der Waals surface area contributed by atoms with E-state index in [1.165, 1.54) is 22.4 Å². The first-order chi connectivity index (χ1) is 12.0. The maximum Gasteiger partial charge on any atom is 0.328 e. The highest BCUT2D eigenvalue weighted by atomic mass is 16.5. The lowest BCUT2D eigenvalue weighted by atomic mass is 9.93. The molecule has 7 heteroatoms. The van der Waals surface area contributed by atoms with Crippen LogP contribution in [0.4, 0.5) is 0 Å². The maximum atomic E-state index is 12.6. The zero-order valence-corrected chi connectivity index (χ0v) is 14.3. The van der Waals surface area contributed by atoms with Crippen LogP contribution < -0.4 is 16.0 Å². The van der Waals surface area contributed by atoms with Gasteiger partial charge in [0.2, 0.25) is 5.91 Å². The summed E-state index contributed by atoms with van der Waals surface area (Å²) in [7, 11) is 1.63. The Bertz CT molecular complexity index is 900. The highest BCUT2D eigenvalue weighted by Gasteiger charge is 2.27. The molecule has 0 fully saturated rings. The Morgan fingerprint density at radius 3 is 2.84 bits per heavy atom. The van der Waals surface area contributed by atoms with E-state index < -0.39 is 11.2 Å². The molecule has 1 aromatic heterocycles. The van der Waals surface area contributed by atoms with Crippen LogP contribution in [-0.2, 0) is 17.8 Å². The van der Waals surface area contributed by atoms with Crippen molar-refractivity contribution < 1.29 is 9.53 Å². The molecule has 1 N–H and O–H groups in total. The number of rotatable bonds is 4. The van der Waals surface area contributed by atoms with Crippen molar-refractivity contribution in [3.8, 4) is 5.75 Å². The van der Waals surface area contributed by atoms with Crippen molar-refractivity contribution in [1.29, 1.82) is 0 Å². The molecule has 3 rings (SSSR count). The van der Waals surface area contributed by atoms with Crippen molar-refractivity contribution in [3.63, 3.8) is 0 Å². The molecule has 0 bridgehead atoms. The fourth-order valence-corrected chi connectivity index (χ4v) is 3.24. The van der Waals surface area contributed by atoms with E-state index in [9.17, 15) is 14.4 Å². The third-order valence-corrected chi connectivity index (χ3v) is 4.68. The number of ether oxygens (including phenoxy) is 1. The Labute approximate surface area is 144 Å². The molecular weight excluding hydrogens is 322 g/mol. The summed E-state index contributed by atoms with van der Waals surface area (Å²) in [5.74, 6) is 0.763. The second kappa shape index (κ2) is 6.96. The summed E-state index contributed by atoms with van der Waals surface area (Å²) in [5, 5.41) is 0. The van der Waals surface area contributed by atoms with Crippen molar-refractivity contribution in [2.45, 2.75) is 32.4 Å². The summed E-state index contributed by atoms with van der Waals surface area (Å²) >= 11 is 0. The average molecular weight is 343 g/mol. The lowest BCUT2D eigenvalue weighted by molar-refractivity contribution is -0.134. The summed E-state index contributed by atoms with van der Waals surface area (Å²) < 4.78 is 6.62. The average Bonchev–Trinajstić information content (AvgIpc) is 2.61. The summed E-state index contributed by atoms with van der Waals surface area (Å²) in [6.45, 7) is 2.89. The topological polar surface area (TPSA) is 84.4 Å². The SMILES string of the molecule is COc1ccc2c(c1)[C@@H](C)N(C(=O)CCn1ccc(=O)[nH]c1=O)CC2. The lowest BCUT2D eigenvalue weighted by Gasteiger charge is -2.35. The van der Waals surface area contributed by atoms with Crippen LogP contribution in [0.15, 0.2) is 40.1 Å². The van der Waals surface area contributed by atoms with Gasteiger partial charge in [0.15, 0.2) is 0 Å². The van der Waals surface area contributed by atoms with Gasteiger partial charge in [0.1, 0.15) is 5.75 Å². The van der Waals surface area contributed by atoms with Crippen LogP contribution in [0.5, 0.6) is 5.75 Å². The molecule has 0 spiro atoms. The minimum atomic E-state index is -0.498. The number of methoxy groups -OCH3 is 1. The summed E-state index contributed by atoms with van der Waals surface area (Å²) in [5.41, 5.74) is 1.39. The normalized spacial score (nSPS) is 16.4. The first kappa shape index (κ1) is 17.0. The molecular formula is C18H21N3O4. The predicted octanol–water partition coefficient (Wildman–Crippen LogP) is 1.08. The van der Waals surface area contributed by atoms with Crippen molar-refractivity contribution in [2.75, 3.05) is 13.7 Å². The number of H-pyrrole nitrogens is 1. The van der Waals surface area contributed by atoms with Gasteiger partial charge in [-0.3, -0.25) is 14.6 Å². The van der Waals surface area contributed by atoms with Gasteiger partial charge in [-0.2, -0.15) is 0 Å². The second-order valence-corrected chi connectivity index (χ2v) is 6.13. The van der Waals surface area contributed by atoms with Crippen LogP contribution in [-0.4, -0.2) is 34.0 Å². The van der Waals surface area contributed by atoms with E-state index in [4.69, 9.17) is 4.74 Å². The van der Waals surface area contributed by atoms with Crippen molar-refractivity contribution in [1.82, 2.24) is 14.5 Å². The van der Waals surface area contributed by atoms with Crippen LogP contribution in [0.3, 0.4) is 0 Å². The van der Waals surface area contributed by atoms with E-state index in [0.717, 1.165) is 17.7 Å². The minimum Gasteiger partial charge on any atom is -0.497 e. The number of nitrogens with one attached hydrogen (secondary N) is 1. The molecule has 1 amide bonds. The molecule has 7 nitrogen and oxygen atoms in total. The molecule has 1 atom stereocenters. The van der Waals surface area contributed by atoms with Gasteiger partial charge < -0.3 is 14.2 Å². The minimum absolute atomic E-state index is 0.0148. The molecule has 0 radical (unpaired) electrons. The Balaban J connectivity index is 1.72. The standard InChI is InChI=1S/C18H21N3O4/c1-12-15-11-14(25-2)4-3-13(15)5-10-21(12)17(23)7-9-20-8-6-16(22)19-18(20)24/h3-4,6,8,11-12H,5,7,9-10H2,1-2H3,(H,19,22,24)/t12-/m1/s1. The van der Waals surface area contributed by atoms with Gasteiger partial charge >= 0.3 is 5.69 Å². The first-order valence-electron chi connectivity index (χ1n) is 8.25. The molecule has 0 saturated carbocycles. The number of aryl methyl sites for hydroxylation is 1. The van der Waals surface area contributed by atoms with Gasteiger partial charge in [0.05, 0.1) is 13.2 Å². The molecule has 1 aliphatic rings. The first-order valence-corrected chi connectivity index (χ1v) is 8.25. The molecule has 2 aromatic rings. The Morgan fingerprint density at radius 1 is 1.32 bits per heavy atom. The molecule has 1 aromatic carbocycles. The highest BCUT2D eigenvalue weighted by Crippen LogP contribution is 2.32. The smallest absolute Gasteiger partial charge is 0.328 e. The van der Waals surface area contributed by atoms with Crippen LogP contribution in [0.2, 0.25) is 0 Å². The predicted molar refractivity (Wildman–Crippen MR) is 92.8 cm³/mol. The number of aromatic amines is 1. The van der Waals surface area contributed by atoms with E-state index in [0.29, 0.717) is 6.54 Å². The largest absolute Gasteiger partial charge is 0.497 e. The van der Waals surface area contributed by atoms with Gasteiger partial charge in [0, 0.05) is 31.8 Å². The van der Waals surface area contributed by atoms with Gasteiger partial charge in [-0.15, -0.1) is 0 Å². The lowest BCUT2D eigenvalue weighted by Crippen LogP contribution is -2.39. The van der Waals surface area contributed by atoms with Gasteiger partial charge in [0.25, 0.3) is 5.56 Å². The zero-order chi connectivity index (χ0) is 18.0. The number of aromatic nitrogens is 2. The fraction of sp³-hybridized carbons (Fsp3) is 0.389. The monoisotopic (exact) mass is 343 g/mol. The number of benzene rings is 1. The summed E-state index contributed by atoms with van der Waals surface area (Å²) in [4.78, 5) is 39.4. The van der Waals surface area contributed by atoms with E-state index in [-0.39, 0.29) is 24.9 Å². The Hall–Kier alpha value is -2.83. The van der Waals surface area contributed by atoms with Crippen molar-refractivity contribution in [2.24, 2.45) is 0 Å². The molecule has 0 aliphatic carbocycles. The van der Waals surface area contributed by atoms with Crippen LogP contribution in [0, 0.1) is 0 Å². The molecule has 0 saturated heterocycles. The van der Waals surface area contributed by atoms with Crippen molar-refractivity contribution >= 4 is 5.91 Å². The fourth-order valence-electron chi connectivity index (χ4n) is 3.24. The van der Waals surface area contributed by atoms with Gasteiger partial charge in [-0.1, -0.05) is 6.07 Å². The third-order valence-electron chi connectivity index (χ3n) is 4.68. The molecule has 132 valence electrons. The number of fused-ring (bicyclic) bond motifs is 1. The molecule has 0 unspecified atom stereocenters. The van der Waals surface area contributed by atoms with Crippen LogP contribution in [0.1, 0.15) is 30.5 Å². The van der Waals surface area contributed by atoms with E-state index >= 15 is 0 Å². The van der Waals surface area contributed by atoms with Gasteiger partial charge in [-0.05, 0) is 36.6 Å². The number of nitrogens with zero attached hydrogens (tertiary/aromatic N) is 2. The highest BCUT2D eigenvalue weighted by molar-refractivity contribution is 5.77. The number of amides is 1. The second-order valence-electron chi connectivity index (χ2n) is 6.13. The summed E-state index contributed by atoms with van der Waals surface area (Å²) in [6.07, 6.45) is 2.41. The maximum absolute atomic E-state index is 12.6. The number of carbonyl (C=O) groups is 1. The quantitative estimate of drug-likeness (QED) is 0.900. The number of carbonyl (C=O) groups excluding carboxylic acids is 1. The summed E-state index contributed by atoms with van der Waals surface area (Å²) in [6, 6.07) is 7.19. The Kier molecular flexibility index (Phi) is 4.74. The van der Waals surface area contributed by atoms with E-state index in [2.05, 4.69) is 4.98 Å². The van der Waals surface area contributed by atoms with Crippen molar-refractivity contribution in [3.05, 3.63) is 62.4 Å². The van der Waals surface area contributed by atoms with E-state index in [1.54, 1.807) is 7.11 Å². The molecule has 25 heavy (non-hydrogen) atoms. The zero-order valence-electron chi connectivity index (χ0n) is 14.3. The molecule has 1 aliphatic heterocycles. The number of hydrogen-bond donors (Lipinski definition) is 1. The van der Waals surface area contributed by atoms with Crippen LogP contribution >= 0.6 is 0 Å². The Morgan fingerprint density at radius 2 is 2.12 bits per heavy atom. The third kappa shape index (κ3) is 3.50.